The normalized spacial score (nSPS) is 29.4. The van der Waals surface area contributed by atoms with Crippen LogP contribution in [0.5, 0.6) is 0 Å². The smallest absolute Gasteiger partial charge is 0.0950 e. The van der Waals surface area contributed by atoms with Crippen LogP contribution in [0.4, 0.5) is 0 Å². The van der Waals surface area contributed by atoms with E-state index in [4.69, 9.17) is 5.26 Å². The summed E-state index contributed by atoms with van der Waals surface area (Å²) in [6, 6.07) is 2.85. The average Bonchev–Trinajstić information content (AvgIpc) is 2.03. The lowest BCUT2D eigenvalue weighted by atomic mass is 10.2. The summed E-state index contributed by atoms with van der Waals surface area (Å²) >= 11 is 0. The number of nitriles is 1. The van der Waals surface area contributed by atoms with E-state index in [-0.39, 0.29) is 6.04 Å². The van der Waals surface area contributed by atoms with Gasteiger partial charge in [0.05, 0.1) is 12.1 Å². The first-order chi connectivity index (χ1) is 5.24. The molecule has 1 N–H and O–H groups in total. The van der Waals surface area contributed by atoms with E-state index in [0.717, 1.165) is 19.6 Å². The lowest BCUT2D eigenvalue weighted by Crippen LogP contribution is -2.51. The molecule has 62 valence electrons. The van der Waals surface area contributed by atoms with Crippen LogP contribution >= 0.6 is 0 Å². The van der Waals surface area contributed by atoms with Crippen molar-refractivity contribution < 1.29 is 0 Å². The van der Waals surface area contributed by atoms with Gasteiger partial charge in [-0.15, -0.1) is 0 Å². The maximum Gasteiger partial charge on any atom is 0.0950 e. The van der Waals surface area contributed by atoms with E-state index in [1.165, 1.54) is 0 Å². The molecule has 1 unspecified atom stereocenters. The van der Waals surface area contributed by atoms with Gasteiger partial charge in [0.15, 0.2) is 0 Å². The van der Waals surface area contributed by atoms with Gasteiger partial charge in [0.25, 0.3) is 0 Å². The molecule has 0 saturated carbocycles. The van der Waals surface area contributed by atoms with Gasteiger partial charge in [0, 0.05) is 25.7 Å². The Kier molecular flexibility index (Phi) is 2.86. The Bertz CT molecular complexity index is 161. The Labute approximate surface area is 68.0 Å². The van der Waals surface area contributed by atoms with Crippen LogP contribution in [0.1, 0.15) is 13.8 Å². The minimum Gasteiger partial charge on any atom is -0.312 e. The fourth-order valence-corrected chi connectivity index (χ4v) is 1.40. The fourth-order valence-electron chi connectivity index (χ4n) is 1.40. The third-order valence-corrected chi connectivity index (χ3v) is 2.13. The minimum atomic E-state index is 0.0690. The van der Waals surface area contributed by atoms with Crippen LogP contribution in [0, 0.1) is 11.3 Å². The van der Waals surface area contributed by atoms with Gasteiger partial charge in [-0.1, -0.05) is 0 Å². The Hall–Kier alpha value is -0.590. The first kappa shape index (κ1) is 8.51. The van der Waals surface area contributed by atoms with Gasteiger partial charge in [-0.05, 0) is 13.8 Å². The van der Waals surface area contributed by atoms with Crippen LogP contribution in [-0.4, -0.2) is 36.6 Å². The van der Waals surface area contributed by atoms with Crippen LogP contribution in [0.2, 0.25) is 0 Å². The van der Waals surface area contributed by atoms with Gasteiger partial charge in [-0.3, -0.25) is 4.90 Å². The lowest BCUT2D eigenvalue weighted by Gasteiger charge is -2.33. The average molecular weight is 153 g/mol. The topological polar surface area (TPSA) is 39.1 Å². The molecule has 0 radical (unpaired) electrons. The van der Waals surface area contributed by atoms with Gasteiger partial charge < -0.3 is 5.32 Å². The van der Waals surface area contributed by atoms with E-state index in [0.29, 0.717) is 6.04 Å². The molecule has 1 saturated heterocycles. The van der Waals surface area contributed by atoms with E-state index in [9.17, 15) is 0 Å². The highest BCUT2D eigenvalue weighted by Gasteiger charge is 2.19. The molecule has 1 aliphatic heterocycles. The number of piperazine rings is 1. The fraction of sp³-hybridized carbons (Fsp3) is 0.875. The highest BCUT2D eigenvalue weighted by atomic mass is 15.2. The Balaban J connectivity index is 2.40. The summed E-state index contributed by atoms with van der Waals surface area (Å²) in [6.07, 6.45) is 0. The zero-order valence-corrected chi connectivity index (χ0v) is 7.17. The molecule has 1 fully saturated rings. The third-order valence-electron chi connectivity index (χ3n) is 2.13. The summed E-state index contributed by atoms with van der Waals surface area (Å²) in [6.45, 7) is 7.11. The SMILES string of the molecule is CC(C#N)N1CCN[C@H](C)C1. The van der Waals surface area contributed by atoms with Crippen LogP contribution < -0.4 is 5.32 Å². The van der Waals surface area contributed by atoms with Crippen molar-refractivity contribution in [1.82, 2.24) is 10.2 Å². The molecule has 0 amide bonds. The second-order valence-electron chi connectivity index (χ2n) is 3.16. The van der Waals surface area contributed by atoms with Crippen molar-refractivity contribution in [1.29, 1.82) is 5.26 Å². The summed E-state index contributed by atoms with van der Waals surface area (Å²) in [4.78, 5) is 2.21. The number of hydrogen-bond donors (Lipinski definition) is 1. The Morgan fingerprint density at radius 3 is 3.00 bits per heavy atom. The van der Waals surface area contributed by atoms with Crippen molar-refractivity contribution in [3.05, 3.63) is 0 Å². The molecule has 0 aliphatic carbocycles. The highest BCUT2D eigenvalue weighted by Crippen LogP contribution is 2.02. The lowest BCUT2D eigenvalue weighted by molar-refractivity contribution is 0.185. The zero-order chi connectivity index (χ0) is 8.27. The summed E-state index contributed by atoms with van der Waals surface area (Å²) < 4.78 is 0. The number of nitrogens with zero attached hydrogens (tertiary/aromatic N) is 2. The van der Waals surface area contributed by atoms with E-state index < -0.39 is 0 Å². The molecule has 0 aromatic rings. The van der Waals surface area contributed by atoms with E-state index in [1.807, 2.05) is 6.92 Å². The molecule has 3 heteroatoms. The van der Waals surface area contributed by atoms with E-state index in [1.54, 1.807) is 0 Å². The molecule has 1 rings (SSSR count). The second kappa shape index (κ2) is 3.70. The first-order valence-electron chi connectivity index (χ1n) is 4.11. The third kappa shape index (κ3) is 2.18. The van der Waals surface area contributed by atoms with Crippen molar-refractivity contribution in [3.8, 4) is 6.07 Å². The van der Waals surface area contributed by atoms with Gasteiger partial charge in [-0.2, -0.15) is 5.26 Å². The van der Waals surface area contributed by atoms with Gasteiger partial charge >= 0.3 is 0 Å². The molecular weight excluding hydrogens is 138 g/mol. The van der Waals surface area contributed by atoms with Crippen molar-refractivity contribution in [2.24, 2.45) is 0 Å². The standard InChI is InChI=1S/C8H15N3/c1-7-6-11(4-3-10-7)8(2)5-9/h7-8,10H,3-4,6H2,1-2H3/t7-,8?/m1/s1. The predicted octanol–water partition coefficient (Wildman–Crippen LogP) is 0.192. The van der Waals surface area contributed by atoms with Gasteiger partial charge in [-0.25, -0.2) is 0 Å². The molecule has 0 bridgehead atoms. The summed E-state index contributed by atoms with van der Waals surface area (Å²) in [5.74, 6) is 0. The minimum absolute atomic E-state index is 0.0690. The summed E-state index contributed by atoms with van der Waals surface area (Å²) in [5.41, 5.74) is 0. The Morgan fingerprint density at radius 1 is 1.73 bits per heavy atom. The van der Waals surface area contributed by atoms with E-state index >= 15 is 0 Å². The molecule has 0 spiro atoms. The van der Waals surface area contributed by atoms with Crippen molar-refractivity contribution >= 4 is 0 Å². The summed E-state index contributed by atoms with van der Waals surface area (Å²) in [7, 11) is 0. The molecule has 1 aliphatic rings. The predicted molar refractivity (Wildman–Crippen MR) is 44.1 cm³/mol. The Morgan fingerprint density at radius 2 is 2.45 bits per heavy atom. The van der Waals surface area contributed by atoms with Gasteiger partial charge in [0.1, 0.15) is 0 Å². The van der Waals surface area contributed by atoms with Crippen LogP contribution in [0.3, 0.4) is 0 Å². The maximum absolute atomic E-state index is 8.66. The molecule has 0 aromatic carbocycles. The first-order valence-corrected chi connectivity index (χ1v) is 4.11. The molecule has 0 aromatic heterocycles. The number of nitrogens with one attached hydrogen (secondary N) is 1. The molecule has 1 heterocycles. The van der Waals surface area contributed by atoms with Crippen LogP contribution in [-0.2, 0) is 0 Å². The number of hydrogen-bond acceptors (Lipinski definition) is 3. The van der Waals surface area contributed by atoms with Crippen LogP contribution in [0.15, 0.2) is 0 Å². The highest BCUT2D eigenvalue weighted by molar-refractivity contribution is 4.91. The molecule has 3 nitrogen and oxygen atoms in total. The van der Waals surface area contributed by atoms with Crippen molar-refractivity contribution in [2.45, 2.75) is 25.9 Å². The second-order valence-corrected chi connectivity index (χ2v) is 3.16. The van der Waals surface area contributed by atoms with Crippen molar-refractivity contribution in [2.75, 3.05) is 19.6 Å². The summed E-state index contributed by atoms with van der Waals surface area (Å²) in [5, 5.41) is 12.0. The molecule has 11 heavy (non-hydrogen) atoms. The van der Waals surface area contributed by atoms with E-state index in [2.05, 4.69) is 23.2 Å². The monoisotopic (exact) mass is 153 g/mol. The quantitative estimate of drug-likeness (QED) is 0.584. The molecular formula is C8H15N3. The maximum atomic E-state index is 8.66. The van der Waals surface area contributed by atoms with Crippen LogP contribution in [0.25, 0.3) is 0 Å². The number of rotatable bonds is 1. The van der Waals surface area contributed by atoms with Gasteiger partial charge in [0.2, 0.25) is 0 Å². The largest absolute Gasteiger partial charge is 0.312 e. The zero-order valence-electron chi connectivity index (χ0n) is 7.17. The van der Waals surface area contributed by atoms with Crippen molar-refractivity contribution in [3.63, 3.8) is 0 Å². The molecule has 2 atom stereocenters.